The van der Waals surface area contributed by atoms with Crippen LogP contribution >= 0.6 is 0 Å². The van der Waals surface area contributed by atoms with Crippen LogP contribution in [0.5, 0.6) is 0 Å². The third-order valence-electron chi connectivity index (χ3n) is 5.23. The molecule has 0 fully saturated rings. The normalized spacial score (nSPS) is 10.9. The number of rotatable bonds is 3. The van der Waals surface area contributed by atoms with Gasteiger partial charge >= 0.3 is 0 Å². The van der Waals surface area contributed by atoms with Crippen molar-refractivity contribution in [2.24, 2.45) is 7.05 Å². The predicted molar refractivity (Wildman–Crippen MR) is 117 cm³/mol. The summed E-state index contributed by atoms with van der Waals surface area (Å²) in [6.45, 7) is 3.45. The van der Waals surface area contributed by atoms with Crippen molar-refractivity contribution in [2.45, 2.75) is 13.8 Å². The van der Waals surface area contributed by atoms with Crippen LogP contribution in [-0.2, 0) is 7.05 Å². The lowest BCUT2D eigenvalue weighted by Gasteiger charge is -2.12. The van der Waals surface area contributed by atoms with Crippen molar-refractivity contribution in [3.63, 3.8) is 0 Å². The zero-order valence-corrected chi connectivity index (χ0v) is 17.6. The molecule has 0 radical (unpaired) electrons. The lowest BCUT2D eigenvalue weighted by atomic mass is 10.1. The number of nitrogens with one attached hydrogen (secondary N) is 2. The Morgan fingerprint density at radius 3 is 2.28 bits per heavy atom. The van der Waals surface area contributed by atoms with Crippen LogP contribution in [0.3, 0.4) is 0 Å². The first-order chi connectivity index (χ1) is 15.3. The predicted octanol–water partition coefficient (Wildman–Crippen LogP) is 2.55. The minimum atomic E-state index is -0.673. The highest BCUT2D eigenvalue weighted by atomic mass is 19.1. The molecule has 0 saturated heterocycles. The van der Waals surface area contributed by atoms with E-state index < -0.39 is 17.6 Å². The second kappa shape index (κ2) is 8.10. The molecule has 0 aliphatic rings. The summed E-state index contributed by atoms with van der Waals surface area (Å²) in [5.74, 6) is -1.65. The van der Waals surface area contributed by atoms with Crippen molar-refractivity contribution in [1.29, 1.82) is 0 Å². The summed E-state index contributed by atoms with van der Waals surface area (Å²) in [5, 5.41) is 4.75. The summed E-state index contributed by atoms with van der Waals surface area (Å²) in [5.41, 5.74) is 6.17. The lowest BCUT2D eigenvalue weighted by Crippen LogP contribution is -2.42. The van der Waals surface area contributed by atoms with E-state index in [1.807, 2.05) is 0 Å². The Kier molecular flexibility index (Phi) is 5.31. The fourth-order valence-corrected chi connectivity index (χ4v) is 3.70. The number of amides is 2. The smallest absolute Gasteiger partial charge is 0.290 e. The van der Waals surface area contributed by atoms with Gasteiger partial charge in [-0.3, -0.25) is 25.2 Å². The summed E-state index contributed by atoms with van der Waals surface area (Å²) in [4.78, 5) is 37.7. The molecule has 4 aromatic rings. The molecule has 2 N–H and O–H groups in total. The molecule has 0 spiro atoms. The van der Waals surface area contributed by atoms with Gasteiger partial charge in [0.15, 0.2) is 5.69 Å². The van der Waals surface area contributed by atoms with E-state index in [0.29, 0.717) is 27.8 Å². The zero-order valence-electron chi connectivity index (χ0n) is 17.6. The minimum absolute atomic E-state index is 0.000158. The Morgan fingerprint density at radius 2 is 1.56 bits per heavy atom. The second-order valence-electron chi connectivity index (χ2n) is 7.30. The van der Waals surface area contributed by atoms with Crippen molar-refractivity contribution in [3.05, 3.63) is 93.4 Å². The molecule has 0 bridgehead atoms. The van der Waals surface area contributed by atoms with Gasteiger partial charge in [-0.05, 0) is 38.1 Å². The number of hydrazine groups is 1. The molecule has 2 amide bonds. The zero-order chi connectivity index (χ0) is 23.0. The number of hydrogen-bond donors (Lipinski definition) is 2. The van der Waals surface area contributed by atoms with Gasteiger partial charge in [0.05, 0.1) is 16.6 Å². The number of hydrogen-bond acceptors (Lipinski definition) is 4. The van der Waals surface area contributed by atoms with Gasteiger partial charge in [0.25, 0.3) is 17.4 Å². The van der Waals surface area contributed by atoms with Crippen LogP contribution in [0.15, 0.2) is 59.4 Å². The molecule has 4 rings (SSSR count). The van der Waals surface area contributed by atoms with Crippen molar-refractivity contribution in [3.8, 4) is 5.69 Å². The molecule has 0 unspecified atom stereocenters. The van der Waals surface area contributed by atoms with Gasteiger partial charge in [0.1, 0.15) is 5.82 Å². The van der Waals surface area contributed by atoms with Crippen molar-refractivity contribution in [2.75, 3.05) is 0 Å². The molecular weight excluding hydrogens is 413 g/mol. The Balaban J connectivity index is 1.59. The first-order valence-corrected chi connectivity index (χ1v) is 9.80. The van der Waals surface area contributed by atoms with Gasteiger partial charge in [-0.2, -0.15) is 5.10 Å². The molecule has 32 heavy (non-hydrogen) atoms. The van der Waals surface area contributed by atoms with E-state index in [9.17, 15) is 18.8 Å². The molecule has 2 aromatic heterocycles. The highest BCUT2D eigenvalue weighted by Gasteiger charge is 2.20. The van der Waals surface area contributed by atoms with Crippen molar-refractivity contribution in [1.82, 2.24) is 25.2 Å². The Bertz CT molecular complexity index is 1440. The standard InChI is InChI=1S/C23H20FN5O3/c1-13-12-17(14(2)29(13)19-11-7-6-10-18(19)24)21(30)25-26-22(31)20-15-8-4-5-9-16(15)23(32)28(3)27-20/h4-12H,1-3H3,(H,25,30)(H,26,31). The molecule has 0 atom stereocenters. The number of aromatic nitrogens is 3. The van der Waals surface area contributed by atoms with E-state index in [1.54, 1.807) is 66.9 Å². The topological polar surface area (TPSA) is 98.0 Å². The molecule has 0 aliphatic carbocycles. The van der Waals surface area contributed by atoms with Crippen LogP contribution in [0.4, 0.5) is 4.39 Å². The van der Waals surface area contributed by atoms with Crippen LogP contribution in [-0.4, -0.2) is 26.2 Å². The Labute approximate surface area is 182 Å². The number of halogens is 1. The van der Waals surface area contributed by atoms with Crippen LogP contribution < -0.4 is 16.4 Å². The molecule has 9 heteroatoms. The third-order valence-corrected chi connectivity index (χ3v) is 5.23. The van der Waals surface area contributed by atoms with Crippen LogP contribution in [0.2, 0.25) is 0 Å². The van der Waals surface area contributed by atoms with Gasteiger partial charge in [-0.15, -0.1) is 0 Å². The maximum absolute atomic E-state index is 14.3. The summed E-state index contributed by atoms with van der Waals surface area (Å²) in [7, 11) is 1.45. The molecule has 2 aromatic carbocycles. The van der Waals surface area contributed by atoms with Gasteiger partial charge < -0.3 is 4.57 Å². The Hall–Kier alpha value is -4.27. The maximum atomic E-state index is 14.3. The van der Waals surface area contributed by atoms with Crippen molar-refractivity contribution >= 4 is 22.6 Å². The van der Waals surface area contributed by atoms with E-state index in [-0.39, 0.29) is 16.8 Å². The second-order valence-corrected chi connectivity index (χ2v) is 7.30. The number of benzene rings is 2. The lowest BCUT2D eigenvalue weighted by molar-refractivity contribution is 0.0843. The van der Waals surface area contributed by atoms with E-state index in [4.69, 9.17) is 0 Å². The number of aryl methyl sites for hydroxylation is 2. The number of para-hydroxylation sites is 1. The quantitative estimate of drug-likeness (QED) is 0.485. The summed E-state index contributed by atoms with van der Waals surface area (Å²) < 4.78 is 17.0. The SMILES string of the molecule is Cc1cc(C(=O)NNC(=O)c2nn(C)c(=O)c3ccccc23)c(C)n1-c1ccccc1F. The van der Waals surface area contributed by atoms with E-state index in [2.05, 4.69) is 16.0 Å². The summed E-state index contributed by atoms with van der Waals surface area (Å²) in [6.07, 6.45) is 0. The van der Waals surface area contributed by atoms with Gasteiger partial charge in [-0.1, -0.05) is 30.3 Å². The Morgan fingerprint density at radius 1 is 0.938 bits per heavy atom. The molecule has 8 nitrogen and oxygen atoms in total. The maximum Gasteiger partial charge on any atom is 0.290 e. The highest BCUT2D eigenvalue weighted by Crippen LogP contribution is 2.22. The van der Waals surface area contributed by atoms with Crippen LogP contribution in [0.25, 0.3) is 16.5 Å². The largest absolute Gasteiger partial charge is 0.315 e. The van der Waals surface area contributed by atoms with Crippen molar-refractivity contribution < 1.29 is 14.0 Å². The summed E-state index contributed by atoms with van der Waals surface area (Å²) >= 11 is 0. The first-order valence-electron chi connectivity index (χ1n) is 9.80. The molecule has 0 saturated carbocycles. The number of nitrogens with zero attached hydrogens (tertiary/aromatic N) is 3. The molecule has 2 heterocycles. The van der Waals surface area contributed by atoms with Crippen LogP contribution in [0.1, 0.15) is 32.2 Å². The number of carbonyl (C=O) groups excluding carboxylic acids is 2. The molecule has 162 valence electrons. The number of fused-ring (bicyclic) bond motifs is 1. The average Bonchev–Trinajstić information content (AvgIpc) is 3.08. The fraction of sp³-hybridized carbons (Fsp3) is 0.130. The van der Waals surface area contributed by atoms with Gasteiger partial charge in [-0.25, -0.2) is 9.07 Å². The van der Waals surface area contributed by atoms with E-state index in [0.717, 1.165) is 4.68 Å². The number of carbonyl (C=O) groups is 2. The van der Waals surface area contributed by atoms with Gasteiger partial charge in [0.2, 0.25) is 0 Å². The monoisotopic (exact) mass is 433 g/mol. The first kappa shape index (κ1) is 21.0. The third kappa shape index (κ3) is 3.53. The average molecular weight is 433 g/mol. The minimum Gasteiger partial charge on any atom is -0.315 e. The molecular formula is C23H20FN5O3. The van der Waals surface area contributed by atoms with E-state index >= 15 is 0 Å². The van der Waals surface area contributed by atoms with Crippen LogP contribution in [0, 0.1) is 19.7 Å². The van der Waals surface area contributed by atoms with Gasteiger partial charge in [0, 0.05) is 23.8 Å². The van der Waals surface area contributed by atoms with E-state index in [1.165, 1.54) is 13.1 Å². The highest BCUT2D eigenvalue weighted by molar-refractivity contribution is 6.06. The fourth-order valence-electron chi connectivity index (χ4n) is 3.70. The summed E-state index contributed by atoms with van der Waals surface area (Å²) in [6, 6.07) is 14.5. The molecule has 0 aliphatic heterocycles.